The smallest absolute Gasteiger partial charge is 0.265 e. The van der Waals surface area contributed by atoms with Gasteiger partial charge in [0.15, 0.2) is 6.10 Å². The summed E-state index contributed by atoms with van der Waals surface area (Å²) in [7, 11) is -3.63. The molecule has 1 saturated heterocycles. The number of hydrogen-bond acceptors (Lipinski definition) is 5. The minimum absolute atomic E-state index is 0.124. The molecule has 28 heavy (non-hydrogen) atoms. The van der Waals surface area contributed by atoms with Gasteiger partial charge in [-0.1, -0.05) is 17.7 Å². The number of hydrogen-bond donors (Lipinski definition) is 1. The monoisotopic (exact) mass is 424 g/mol. The van der Waals surface area contributed by atoms with Gasteiger partial charge in [0, 0.05) is 23.8 Å². The Hall–Kier alpha value is -2.13. The highest BCUT2D eigenvalue weighted by Crippen LogP contribution is 2.21. The van der Waals surface area contributed by atoms with Crippen LogP contribution in [0.15, 0.2) is 53.4 Å². The van der Waals surface area contributed by atoms with E-state index in [0.717, 1.165) is 0 Å². The molecule has 1 aliphatic rings. The zero-order valence-electron chi connectivity index (χ0n) is 15.3. The summed E-state index contributed by atoms with van der Waals surface area (Å²) in [5.74, 6) is 0.117. The Bertz CT molecular complexity index is 928. The van der Waals surface area contributed by atoms with Crippen LogP contribution in [-0.4, -0.2) is 51.0 Å². The lowest BCUT2D eigenvalue weighted by molar-refractivity contribution is -0.122. The van der Waals surface area contributed by atoms with Gasteiger partial charge >= 0.3 is 0 Å². The summed E-state index contributed by atoms with van der Waals surface area (Å²) < 4.78 is 37.7. The maximum Gasteiger partial charge on any atom is 0.265 e. The Morgan fingerprint density at radius 2 is 1.86 bits per heavy atom. The lowest BCUT2D eigenvalue weighted by atomic mass is 10.3. The Labute approximate surface area is 169 Å². The molecule has 1 heterocycles. The first-order chi connectivity index (χ1) is 13.4. The number of amides is 1. The molecule has 0 unspecified atom stereocenters. The van der Waals surface area contributed by atoms with Crippen LogP contribution in [0.25, 0.3) is 0 Å². The van der Waals surface area contributed by atoms with Crippen molar-refractivity contribution in [1.29, 1.82) is 0 Å². The van der Waals surface area contributed by atoms with Crippen LogP contribution >= 0.6 is 11.6 Å². The van der Waals surface area contributed by atoms with Crippen LogP contribution in [0.1, 0.15) is 6.92 Å². The first kappa shape index (κ1) is 20.6. The van der Waals surface area contributed by atoms with E-state index in [9.17, 15) is 13.2 Å². The fraction of sp³-hybridized carbons (Fsp3) is 0.316. The summed E-state index contributed by atoms with van der Waals surface area (Å²) in [4.78, 5) is 12.5. The maximum absolute atomic E-state index is 12.7. The van der Waals surface area contributed by atoms with Crippen LogP contribution in [0.2, 0.25) is 5.02 Å². The molecule has 0 bridgehead atoms. The second-order valence-electron chi connectivity index (χ2n) is 6.25. The molecule has 1 aliphatic heterocycles. The number of benzene rings is 2. The van der Waals surface area contributed by atoms with Crippen molar-refractivity contribution < 1.29 is 22.7 Å². The van der Waals surface area contributed by atoms with Gasteiger partial charge in [-0.3, -0.25) is 4.79 Å². The molecule has 0 aliphatic carbocycles. The summed E-state index contributed by atoms with van der Waals surface area (Å²) in [6, 6.07) is 12.8. The van der Waals surface area contributed by atoms with Gasteiger partial charge in [-0.05, 0) is 49.4 Å². The standard InChI is InChI=1S/C19H21ClN2O5S/c1-14(27-17-7-5-15(20)6-8-17)19(23)21-16-3-2-4-18(13-16)28(24,25)22-9-11-26-12-10-22/h2-8,13-14H,9-12H2,1H3,(H,21,23)/t14-/m1/s1. The minimum Gasteiger partial charge on any atom is -0.481 e. The molecule has 1 atom stereocenters. The van der Waals surface area contributed by atoms with Crippen molar-refractivity contribution in [2.75, 3.05) is 31.6 Å². The predicted octanol–water partition coefficient (Wildman–Crippen LogP) is 2.77. The van der Waals surface area contributed by atoms with E-state index < -0.39 is 22.0 Å². The first-order valence-electron chi connectivity index (χ1n) is 8.77. The molecule has 7 nitrogen and oxygen atoms in total. The highest BCUT2D eigenvalue weighted by molar-refractivity contribution is 7.89. The predicted molar refractivity (Wildman–Crippen MR) is 106 cm³/mol. The first-order valence-corrected chi connectivity index (χ1v) is 10.6. The van der Waals surface area contributed by atoms with Crippen molar-refractivity contribution >= 4 is 33.2 Å². The Morgan fingerprint density at radius 1 is 1.18 bits per heavy atom. The number of anilines is 1. The second-order valence-corrected chi connectivity index (χ2v) is 8.62. The van der Waals surface area contributed by atoms with Crippen LogP contribution in [0, 0.1) is 0 Å². The van der Waals surface area contributed by atoms with E-state index in [1.54, 1.807) is 43.3 Å². The number of nitrogens with zero attached hydrogens (tertiary/aromatic N) is 1. The van der Waals surface area contributed by atoms with E-state index in [4.69, 9.17) is 21.1 Å². The van der Waals surface area contributed by atoms with Crippen molar-refractivity contribution in [2.45, 2.75) is 17.9 Å². The summed E-state index contributed by atoms with van der Waals surface area (Å²) in [5.41, 5.74) is 0.380. The van der Waals surface area contributed by atoms with Gasteiger partial charge in [-0.25, -0.2) is 8.42 Å². The molecule has 150 valence electrons. The number of carbonyl (C=O) groups is 1. The highest BCUT2D eigenvalue weighted by atomic mass is 35.5. The van der Waals surface area contributed by atoms with Gasteiger partial charge in [0.2, 0.25) is 10.0 Å². The van der Waals surface area contributed by atoms with Gasteiger partial charge in [0.25, 0.3) is 5.91 Å². The highest BCUT2D eigenvalue weighted by Gasteiger charge is 2.26. The Balaban J connectivity index is 1.68. The van der Waals surface area contributed by atoms with Crippen molar-refractivity contribution in [3.8, 4) is 5.75 Å². The number of halogens is 1. The largest absolute Gasteiger partial charge is 0.481 e. The molecule has 2 aromatic rings. The quantitative estimate of drug-likeness (QED) is 0.770. The zero-order valence-corrected chi connectivity index (χ0v) is 16.9. The fourth-order valence-corrected chi connectivity index (χ4v) is 4.27. The third-order valence-corrected chi connectivity index (χ3v) is 6.35. The molecule has 0 aromatic heterocycles. The maximum atomic E-state index is 12.7. The zero-order chi connectivity index (χ0) is 20.1. The van der Waals surface area contributed by atoms with Crippen LogP contribution in [0.3, 0.4) is 0 Å². The van der Waals surface area contributed by atoms with Gasteiger partial charge in [0.05, 0.1) is 18.1 Å². The van der Waals surface area contributed by atoms with E-state index in [1.165, 1.54) is 16.4 Å². The van der Waals surface area contributed by atoms with Crippen LogP contribution in [-0.2, 0) is 19.6 Å². The number of carbonyl (C=O) groups excluding carboxylic acids is 1. The number of ether oxygens (including phenoxy) is 2. The van der Waals surface area contributed by atoms with E-state index in [2.05, 4.69) is 5.32 Å². The molecule has 0 radical (unpaired) electrons. The van der Waals surface area contributed by atoms with E-state index in [-0.39, 0.29) is 4.90 Å². The van der Waals surface area contributed by atoms with Crippen molar-refractivity contribution in [2.24, 2.45) is 0 Å². The summed E-state index contributed by atoms with van der Waals surface area (Å²) in [6.07, 6.45) is -0.777. The molecular formula is C19H21ClN2O5S. The van der Waals surface area contributed by atoms with Gasteiger partial charge < -0.3 is 14.8 Å². The molecule has 9 heteroatoms. The second kappa shape index (κ2) is 8.91. The lowest BCUT2D eigenvalue weighted by Gasteiger charge is -2.26. The molecule has 0 spiro atoms. The average molecular weight is 425 g/mol. The number of morpholine rings is 1. The van der Waals surface area contributed by atoms with E-state index in [1.807, 2.05) is 0 Å². The molecular weight excluding hydrogens is 404 g/mol. The number of rotatable bonds is 6. The van der Waals surface area contributed by atoms with Crippen LogP contribution < -0.4 is 10.1 Å². The average Bonchev–Trinajstić information content (AvgIpc) is 2.70. The summed E-state index contributed by atoms with van der Waals surface area (Å²) in [5, 5.41) is 3.26. The lowest BCUT2D eigenvalue weighted by Crippen LogP contribution is -2.40. The Kier molecular flexibility index (Phi) is 6.56. The topological polar surface area (TPSA) is 84.9 Å². The van der Waals surface area contributed by atoms with Crippen molar-refractivity contribution in [3.05, 3.63) is 53.6 Å². The fourth-order valence-electron chi connectivity index (χ4n) is 2.69. The Morgan fingerprint density at radius 3 is 2.54 bits per heavy atom. The van der Waals surface area contributed by atoms with Crippen LogP contribution in [0.5, 0.6) is 5.75 Å². The number of nitrogens with one attached hydrogen (secondary N) is 1. The molecule has 0 saturated carbocycles. The third kappa shape index (κ3) is 5.02. The minimum atomic E-state index is -3.63. The van der Waals surface area contributed by atoms with Gasteiger partial charge in [0.1, 0.15) is 5.75 Å². The normalized spacial score (nSPS) is 16.4. The van der Waals surface area contributed by atoms with E-state index >= 15 is 0 Å². The summed E-state index contributed by atoms with van der Waals surface area (Å²) >= 11 is 5.83. The molecule has 1 amide bonds. The molecule has 1 fully saturated rings. The SMILES string of the molecule is C[C@@H](Oc1ccc(Cl)cc1)C(=O)Nc1cccc(S(=O)(=O)N2CCOCC2)c1. The molecule has 1 N–H and O–H groups in total. The van der Waals surface area contributed by atoms with Gasteiger partial charge in [-0.15, -0.1) is 0 Å². The van der Waals surface area contributed by atoms with Crippen molar-refractivity contribution in [1.82, 2.24) is 4.31 Å². The molecule has 3 rings (SSSR count). The van der Waals surface area contributed by atoms with Crippen LogP contribution in [0.4, 0.5) is 5.69 Å². The van der Waals surface area contributed by atoms with Crippen molar-refractivity contribution in [3.63, 3.8) is 0 Å². The van der Waals surface area contributed by atoms with Gasteiger partial charge in [-0.2, -0.15) is 4.31 Å². The van der Waals surface area contributed by atoms with E-state index in [0.29, 0.717) is 42.8 Å². The molecule has 2 aromatic carbocycles. The summed E-state index contributed by atoms with van der Waals surface area (Å²) in [6.45, 7) is 2.97. The third-order valence-electron chi connectivity index (χ3n) is 4.21. The number of sulfonamides is 1.